The van der Waals surface area contributed by atoms with Gasteiger partial charge < -0.3 is 5.32 Å². The van der Waals surface area contributed by atoms with Crippen LogP contribution in [0.2, 0.25) is 0 Å². The molecular formula is C11H6N2. The average molecular weight is 166 g/mol. The zero-order valence-electron chi connectivity index (χ0n) is 6.83. The van der Waals surface area contributed by atoms with E-state index in [-0.39, 0.29) is 0 Å². The maximum absolute atomic E-state index is 4.09. The van der Waals surface area contributed by atoms with E-state index in [1.54, 1.807) is 0 Å². The van der Waals surface area contributed by atoms with Gasteiger partial charge in [0, 0.05) is 17.1 Å². The van der Waals surface area contributed by atoms with Crippen molar-refractivity contribution >= 4 is 28.5 Å². The molecule has 0 fully saturated rings. The highest BCUT2D eigenvalue weighted by molar-refractivity contribution is 6.08. The van der Waals surface area contributed by atoms with Crippen LogP contribution in [0.1, 0.15) is 0 Å². The van der Waals surface area contributed by atoms with Crippen LogP contribution >= 0.6 is 0 Å². The van der Waals surface area contributed by atoms with Crippen LogP contribution in [0.5, 0.6) is 0 Å². The third kappa shape index (κ3) is 0.855. The van der Waals surface area contributed by atoms with Crippen LogP contribution in [0.4, 0.5) is 11.4 Å². The molecule has 0 aromatic heterocycles. The number of nitrogens with one attached hydrogen (secondary N) is 1. The predicted molar refractivity (Wildman–Crippen MR) is 53.5 cm³/mol. The minimum atomic E-state index is 0.867. The molecule has 1 aliphatic rings. The SMILES string of the molecule is [C]1=Nc2[c]ccc3cccc(c23)N1. The summed E-state index contributed by atoms with van der Waals surface area (Å²) >= 11 is 0. The van der Waals surface area contributed by atoms with Crippen LogP contribution in [0.3, 0.4) is 0 Å². The highest BCUT2D eigenvalue weighted by Crippen LogP contribution is 2.33. The Balaban J connectivity index is 2.56. The van der Waals surface area contributed by atoms with Gasteiger partial charge in [0.15, 0.2) is 6.34 Å². The predicted octanol–water partition coefficient (Wildman–Crippen LogP) is 2.60. The lowest BCUT2D eigenvalue weighted by Gasteiger charge is -2.11. The van der Waals surface area contributed by atoms with Crippen LogP contribution in [0.25, 0.3) is 10.8 Å². The topological polar surface area (TPSA) is 24.4 Å². The lowest BCUT2D eigenvalue weighted by atomic mass is 10.1. The van der Waals surface area contributed by atoms with E-state index >= 15 is 0 Å². The van der Waals surface area contributed by atoms with E-state index < -0.39 is 0 Å². The molecule has 3 rings (SSSR count). The molecule has 0 spiro atoms. The van der Waals surface area contributed by atoms with Gasteiger partial charge in [-0.3, -0.25) is 0 Å². The van der Waals surface area contributed by atoms with Crippen molar-refractivity contribution in [3.8, 4) is 0 Å². The smallest absolute Gasteiger partial charge is 0.174 e. The van der Waals surface area contributed by atoms with Crippen molar-refractivity contribution < 1.29 is 0 Å². The number of benzene rings is 2. The molecule has 1 aliphatic heterocycles. The fourth-order valence-electron chi connectivity index (χ4n) is 1.59. The molecule has 1 heterocycles. The van der Waals surface area contributed by atoms with Crippen LogP contribution in [0.15, 0.2) is 35.3 Å². The van der Waals surface area contributed by atoms with E-state index in [4.69, 9.17) is 0 Å². The van der Waals surface area contributed by atoms with Crippen molar-refractivity contribution in [3.63, 3.8) is 0 Å². The summed E-state index contributed by atoms with van der Waals surface area (Å²) in [6.07, 6.45) is 2.74. The molecule has 2 aromatic rings. The van der Waals surface area contributed by atoms with Crippen LogP contribution in [-0.4, -0.2) is 6.34 Å². The lowest BCUT2D eigenvalue weighted by Crippen LogP contribution is -1.99. The minimum Gasteiger partial charge on any atom is -0.337 e. The number of nitrogens with zero attached hydrogens (tertiary/aromatic N) is 1. The standard InChI is InChI=1S/C11H6N2/c1-3-8-4-2-6-10-11(8)9(5-1)12-7-13-10/h1-5H,(H,12,13). The van der Waals surface area contributed by atoms with Crippen molar-refractivity contribution in [1.29, 1.82) is 0 Å². The van der Waals surface area contributed by atoms with Gasteiger partial charge in [-0.25, -0.2) is 4.99 Å². The summed E-state index contributed by atoms with van der Waals surface area (Å²) < 4.78 is 0. The van der Waals surface area contributed by atoms with E-state index in [0.717, 1.165) is 16.8 Å². The first-order valence-electron chi connectivity index (χ1n) is 4.10. The van der Waals surface area contributed by atoms with Gasteiger partial charge in [0.1, 0.15) is 0 Å². The van der Waals surface area contributed by atoms with Crippen LogP contribution < -0.4 is 5.32 Å². The Hall–Kier alpha value is -1.83. The first kappa shape index (κ1) is 6.66. The fourth-order valence-corrected chi connectivity index (χ4v) is 1.59. The summed E-state index contributed by atoms with van der Waals surface area (Å²) in [5.74, 6) is 0. The molecule has 13 heavy (non-hydrogen) atoms. The van der Waals surface area contributed by atoms with Gasteiger partial charge in [-0.05, 0) is 11.5 Å². The summed E-state index contributed by atoms with van der Waals surface area (Å²) in [6.45, 7) is 0. The van der Waals surface area contributed by atoms with Gasteiger partial charge in [0.25, 0.3) is 0 Å². The van der Waals surface area contributed by atoms with Crippen molar-refractivity contribution in [2.24, 2.45) is 4.99 Å². The number of rotatable bonds is 0. The van der Waals surface area contributed by atoms with Gasteiger partial charge in [0.05, 0.1) is 5.69 Å². The molecule has 0 atom stereocenters. The van der Waals surface area contributed by atoms with Gasteiger partial charge in [-0.2, -0.15) is 0 Å². The Morgan fingerprint density at radius 3 is 3.23 bits per heavy atom. The number of hydrogen-bond donors (Lipinski definition) is 1. The third-order valence-corrected chi connectivity index (χ3v) is 2.17. The summed E-state index contributed by atoms with van der Waals surface area (Å²) in [5, 5.41) is 5.30. The van der Waals surface area contributed by atoms with Crippen LogP contribution in [0, 0.1) is 6.07 Å². The first-order valence-corrected chi connectivity index (χ1v) is 4.10. The molecule has 0 saturated carbocycles. The van der Waals surface area contributed by atoms with Crippen molar-refractivity contribution in [3.05, 3.63) is 36.4 Å². The lowest BCUT2D eigenvalue weighted by molar-refractivity contribution is 1.52. The molecule has 0 amide bonds. The molecular weight excluding hydrogens is 160 g/mol. The first-order chi connectivity index (χ1) is 6.45. The largest absolute Gasteiger partial charge is 0.337 e. The second-order valence-electron chi connectivity index (χ2n) is 2.94. The monoisotopic (exact) mass is 166 g/mol. The number of anilines is 1. The Morgan fingerprint density at radius 2 is 2.23 bits per heavy atom. The minimum absolute atomic E-state index is 0.867. The van der Waals surface area contributed by atoms with E-state index in [0.29, 0.717) is 0 Å². The molecule has 0 unspecified atom stereocenters. The molecule has 60 valence electrons. The van der Waals surface area contributed by atoms with E-state index in [1.165, 1.54) is 5.39 Å². The average Bonchev–Trinajstić information content (AvgIpc) is 2.19. The Bertz CT molecular complexity index is 495. The summed E-state index contributed by atoms with van der Waals surface area (Å²) in [6, 6.07) is 13.1. The molecule has 2 aromatic carbocycles. The molecule has 0 aliphatic carbocycles. The highest BCUT2D eigenvalue weighted by atomic mass is 15.0. The van der Waals surface area contributed by atoms with Gasteiger partial charge in [0.2, 0.25) is 0 Å². The second kappa shape index (κ2) is 2.33. The molecule has 2 heteroatoms. The second-order valence-corrected chi connectivity index (χ2v) is 2.94. The van der Waals surface area contributed by atoms with Crippen LogP contribution in [-0.2, 0) is 0 Å². The molecule has 0 bridgehead atoms. The van der Waals surface area contributed by atoms with Crippen molar-refractivity contribution in [2.75, 3.05) is 5.32 Å². The van der Waals surface area contributed by atoms with Gasteiger partial charge in [-0.15, -0.1) is 0 Å². The zero-order valence-corrected chi connectivity index (χ0v) is 6.83. The van der Waals surface area contributed by atoms with Gasteiger partial charge >= 0.3 is 0 Å². The van der Waals surface area contributed by atoms with E-state index in [1.807, 2.05) is 24.3 Å². The summed E-state index contributed by atoms with van der Waals surface area (Å²) in [7, 11) is 0. The molecule has 1 N–H and O–H groups in total. The quantitative estimate of drug-likeness (QED) is 0.639. The molecule has 0 saturated heterocycles. The fraction of sp³-hybridized carbons (Fsp3) is 0. The summed E-state index contributed by atoms with van der Waals surface area (Å²) in [5.41, 5.74) is 1.92. The van der Waals surface area contributed by atoms with Crippen molar-refractivity contribution in [2.45, 2.75) is 0 Å². The highest BCUT2D eigenvalue weighted by Gasteiger charge is 2.07. The van der Waals surface area contributed by atoms with Crippen molar-refractivity contribution in [1.82, 2.24) is 0 Å². The Labute approximate surface area is 75.9 Å². The Morgan fingerprint density at radius 1 is 1.23 bits per heavy atom. The Kier molecular flexibility index (Phi) is 1.19. The maximum Gasteiger partial charge on any atom is 0.174 e. The third-order valence-electron chi connectivity index (χ3n) is 2.17. The number of aliphatic imine (C=N–C) groups is 1. The zero-order chi connectivity index (χ0) is 8.67. The van der Waals surface area contributed by atoms with E-state index in [2.05, 4.69) is 28.8 Å². The molecule has 2 nitrogen and oxygen atoms in total. The maximum atomic E-state index is 4.09. The normalized spacial score (nSPS) is 12.9. The van der Waals surface area contributed by atoms with E-state index in [9.17, 15) is 0 Å². The molecule has 2 radical (unpaired) electrons. The van der Waals surface area contributed by atoms with Gasteiger partial charge in [-0.1, -0.05) is 24.3 Å². The number of hydrogen-bond acceptors (Lipinski definition) is 2. The summed E-state index contributed by atoms with van der Waals surface area (Å²) in [4.78, 5) is 4.09.